The smallest absolute Gasteiger partial charge is 0.256 e. The van der Waals surface area contributed by atoms with Crippen LogP contribution in [0.2, 0.25) is 0 Å². The number of benzene rings is 2. The Morgan fingerprint density at radius 2 is 1.85 bits per heavy atom. The van der Waals surface area contributed by atoms with Gasteiger partial charge in [0, 0.05) is 21.9 Å². The van der Waals surface area contributed by atoms with E-state index in [2.05, 4.69) is 17.4 Å². The van der Waals surface area contributed by atoms with Crippen molar-refractivity contribution in [3.8, 4) is 0 Å². The van der Waals surface area contributed by atoms with Crippen LogP contribution in [0.15, 0.2) is 51.9 Å². The summed E-state index contributed by atoms with van der Waals surface area (Å²) in [5.74, 6) is 1.44. The van der Waals surface area contributed by atoms with Gasteiger partial charge >= 0.3 is 0 Å². The summed E-state index contributed by atoms with van der Waals surface area (Å²) >= 11 is 1.62. The second-order valence-corrected chi connectivity index (χ2v) is 7.36. The normalized spacial score (nSPS) is 10.8. The molecule has 0 unspecified atom stereocenters. The fourth-order valence-corrected chi connectivity index (χ4v) is 3.86. The highest BCUT2D eigenvalue weighted by Gasteiger charge is 2.14. The van der Waals surface area contributed by atoms with Crippen molar-refractivity contribution in [3.05, 3.63) is 76.2 Å². The van der Waals surface area contributed by atoms with Crippen LogP contribution in [0, 0.1) is 27.7 Å². The number of nitrogens with one attached hydrogen (secondary N) is 1. The van der Waals surface area contributed by atoms with Crippen LogP contribution < -0.4 is 5.32 Å². The minimum Gasteiger partial charge on any atom is -0.361 e. The summed E-state index contributed by atoms with van der Waals surface area (Å²) < 4.78 is 5.22. The number of amides is 1. The molecule has 4 nitrogen and oxygen atoms in total. The molecule has 0 aliphatic carbocycles. The number of aryl methyl sites for hydroxylation is 4. The zero-order chi connectivity index (χ0) is 18.7. The first-order valence-corrected chi connectivity index (χ1v) is 9.46. The van der Waals surface area contributed by atoms with E-state index in [9.17, 15) is 4.79 Å². The molecule has 0 spiro atoms. The highest BCUT2D eigenvalue weighted by atomic mass is 32.2. The summed E-state index contributed by atoms with van der Waals surface area (Å²) in [5.41, 5.74) is 5.82. The van der Waals surface area contributed by atoms with Gasteiger partial charge in [0.25, 0.3) is 5.91 Å². The summed E-state index contributed by atoms with van der Waals surface area (Å²) in [6.45, 7) is 7.94. The Kier molecular flexibility index (Phi) is 5.47. The van der Waals surface area contributed by atoms with E-state index in [1.54, 1.807) is 11.8 Å². The van der Waals surface area contributed by atoms with Crippen LogP contribution in [0.25, 0.3) is 0 Å². The lowest BCUT2D eigenvalue weighted by atomic mass is 10.1. The Bertz CT molecular complexity index is 927. The fourth-order valence-electron chi connectivity index (χ4n) is 2.66. The number of hydrogen-bond acceptors (Lipinski definition) is 4. The molecule has 3 aromatic rings. The van der Waals surface area contributed by atoms with Gasteiger partial charge in [-0.1, -0.05) is 23.4 Å². The fraction of sp³-hybridized carbons (Fsp3) is 0.238. The van der Waals surface area contributed by atoms with Crippen LogP contribution in [0.5, 0.6) is 0 Å². The molecule has 0 aliphatic rings. The Labute approximate surface area is 158 Å². The number of anilines is 1. The monoisotopic (exact) mass is 366 g/mol. The minimum absolute atomic E-state index is 0.102. The average molecular weight is 366 g/mol. The molecule has 1 amide bonds. The molecule has 0 aliphatic heterocycles. The molecule has 0 radical (unpaired) electrons. The molecule has 26 heavy (non-hydrogen) atoms. The van der Waals surface area contributed by atoms with Crippen molar-refractivity contribution in [2.45, 2.75) is 38.3 Å². The molecule has 0 bridgehead atoms. The van der Waals surface area contributed by atoms with E-state index in [4.69, 9.17) is 4.52 Å². The summed E-state index contributed by atoms with van der Waals surface area (Å²) in [5, 5.41) is 6.99. The summed E-state index contributed by atoms with van der Waals surface area (Å²) in [4.78, 5) is 13.7. The lowest BCUT2D eigenvalue weighted by Crippen LogP contribution is -2.13. The van der Waals surface area contributed by atoms with E-state index in [0.717, 1.165) is 38.9 Å². The first kappa shape index (κ1) is 18.3. The van der Waals surface area contributed by atoms with Crippen LogP contribution >= 0.6 is 11.8 Å². The van der Waals surface area contributed by atoms with Crippen molar-refractivity contribution >= 4 is 23.4 Å². The maximum atomic E-state index is 12.8. The van der Waals surface area contributed by atoms with Crippen LogP contribution in [0.1, 0.15) is 38.5 Å². The maximum absolute atomic E-state index is 12.8. The first-order valence-electron chi connectivity index (χ1n) is 8.48. The molecule has 1 heterocycles. The molecular weight excluding hydrogens is 344 g/mol. The topological polar surface area (TPSA) is 55.1 Å². The highest BCUT2D eigenvalue weighted by Crippen LogP contribution is 2.29. The number of nitrogens with zero attached hydrogens (tertiary/aromatic N) is 1. The molecule has 134 valence electrons. The van der Waals surface area contributed by atoms with Crippen LogP contribution in [0.4, 0.5) is 5.69 Å². The van der Waals surface area contributed by atoms with Gasteiger partial charge in [-0.05, 0) is 63.1 Å². The van der Waals surface area contributed by atoms with Crippen molar-refractivity contribution in [2.75, 3.05) is 5.32 Å². The third kappa shape index (κ3) is 3.99. The van der Waals surface area contributed by atoms with Crippen LogP contribution in [-0.2, 0) is 5.75 Å². The molecule has 3 rings (SSSR count). The van der Waals surface area contributed by atoms with Crippen molar-refractivity contribution in [1.82, 2.24) is 5.16 Å². The van der Waals surface area contributed by atoms with Crippen LogP contribution in [-0.4, -0.2) is 11.1 Å². The number of thioether (sulfide) groups is 1. The van der Waals surface area contributed by atoms with Gasteiger partial charge in [0.05, 0.1) is 11.3 Å². The molecule has 0 atom stereocenters. The van der Waals surface area contributed by atoms with Gasteiger partial charge in [-0.3, -0.25) is 4.79 Å². The lowest BCUT2D eigenvalue weighted by molar-refractivity contribution is 0.102. The Morgan fingerprint density at radius 3 is 2.54 bits per heavy atom. The largest absolute Gasteiger partial charge is 0.361 e. The predicted molar refractivity (Wildman–Crippen MR) is 106 cm³/mol. The second-order valence-electron chi connectivity index (χ2n) is 6.34. The number of carbonyl (C=O) groups excluding carboxylic acids is 1. The van der Waals surface area contributed by atoms with Crippen molar-refractivity contribution < 1.29 is 9.32 Å². The van der Waals surface area contributed by atoms with Crippen molar-refractivity contribution in [3.63, 3.8) is 0 Å². The van der Waals surface area contributed by atoms with E-state index < -0.39 is 0 Å². The Morgan fingerprint density at radius 1 is 1.08 bits per heavy atom. The third-order valence-corrected chi connectivity index (χ3v) is 5.55. The Hall–Kier alpha value is -2.53. The minimum atomic E-state index is -0.102. The first-order chi connectivity index (χ1) is 12.5. The number of rotatable bonds is 5. The number of aromatic nitrogens is 1. The number of hydrogen-bond donors (Lipinski definition) is 1. The van der Waals surface area contributed by atoms with Gasteiger partial charge in [-0.15, -0.1) is 11.8 Å². The summed E-state index contributed by atoms with van der Waals surface area (Å²) in [7, 11) is 0. The highest BCUT2D eigenvalue weighted by molar-refractivity contribution is 7.98. The standard InChI is InChI=1S/C21H22N2O2S/c1-13-9-10-17(11-14(13)2)22-21(24)18-7-5-6-8-20(18)26-12-19-15(3)23-25-16(19)4/h5-11H,12H2,1-4H3,(H,22,24). The van der Waals surface area contributed by atoms with Gasteiger partial charge < -0.3 is 9.84 Å². The molecule has 2 aromatic carbocycles. The van der Waals surface area contributed by atoms with Gasteiger partial charge in [-0.2, -0.15) is 0 Å². The van der Waals surface area contributed by atoms with Gasteiger partial charge in [0.1, 0.15) is 5.76 Å². The molecular formula is C21H22N2O2S. The van der Waals surface area contributed by atoms with Crippen LogP contribution in [0.3, 0.4) is 0 Å². The van der Waals surface area contributed by atoms with Crippen molar-refractivity contribution in [2.24, 2.45) is 0 Å². The second kappa shape index (κ2) is 7.79. The van der Waals surface area contributed by atoms with E-state index in [0.29, 0.717) is 5.56 Å². The van der Waals surface area contributed by atoms with E-state index in [-0.39, 0.29) is 5.91 Å². The van der Waals surface area contributed by atoms with E-state index in [1.807, 2.05) is 63.2 Å². The summed E-state index contributed by atoms with van der Waals surface area (Å²) in [6.07, 6.45) is 0. The van der Waals surface area contributed by atoms with Gasteiger partial charge in [0.2, 0.25) is 0 Å². The molecule has 0 saturated carbocycles. The molecule has 5 heteroatoms. The summed E-state index contributed by atoms with van der Waals surface area (Å²) in [6, 6.07) is 13.6. The molecule has 1 N–H and O–H groups in total. The quantitative estimate of drug-likeness (QED) is 0.610. The molecule has 0 saturated heterocycles. The van der Waals surface area contributed by atoms with Crippen molar-refractivity contribution in [1.29, 1.82) is 0 Å². The SMILES string of the molecule is Cc1ccc(NC(=O)c2ccccc2SCc2c(C)noc2C)cc1C. The van der Waals surface area contributed by atoms with E-state index in [1.165, 1.54) is 5.56 Å². The number of carbonyl (C=O) groups is 1. The van der Waals surface area contributed by atoms with Gasteiger partial charge in [-0.25, -0.2) is 0 Å². The maximum Gasteiger partial charge on any atom is 0.256 e. The molecule has 1 aromatic heterocycles. The van der Waals surface area contributed by atoms with E-state index >= 15 is 0 Å². The average Bonchev–Trinajstić information content (AvgIpc) is 2.94. The third-order valence-electron chi connectivity index (χ3n) is 4.45. The zero-order valence-corrected chi connectivity index (χ0v) is 16.2. The Balaban J connectivity index is 1.77. The zero-order valence-electron chi connectivity index (χ0n) is 15.4. The predicted octanol–water partition coefficient (Wildman–Crippen LogP) is 5.45. The molecule has 0 fully saturated rings. The van der Waals surface area contributed by atoms with Gasteiger partial charge in [0.15, 0.2) is 0 Å². The lowest BCUT2D eigenvalue weighted by Gasteiger charge is -2.11.